The number of nitrogens with zero attached hydrogens (tertiary/aromatic N) is 2. The summed E-state index contributed by atoms with van der Waals surface area (Å²) in [5, 5.41) is 3.23. The van der Waals surface area contributed by atoms with E-state index in [1.807, 2.05) is 26.4 Å². The zero-order chi connectivity index (χ0) is 12.8. The number of hydrogen-bond acceptors (Lipinski definition) is 4. The van der Waals surface area contributed by atoms with E-state index in [1.54, 1.807) is 7.11 Å². The molecule has 2 unspecified atom stereocenters. The predicted octanol–water partition coefficient (Wildman–Crippen LogP) is 1.83. The number of pyridine rings is 1. The van der Waals surface area contributed by atoms with Gasteiger partial charge in [0.25, 0.3) is 0 Å². The Morgan fingerprint density at radius 3 is 2.76 bits per heavy atom. The summed E-state index contributed by atoms with van der Waals surface area (Å²) in [6.45, 7) is 4.96. The highest BCUT2D eigenvalue weighted by molar-refractivity contribution is 5.41. The minimum Gasteiger partial charge on any atom is -0.383 e. The molecule has 0 amide bonds. The van der Waals surface area contributed by atoms with Gasteiger partial charge in [-0.15, -0.1) is 0 Å². The van der Waals surface area contributed by atoms with Crippen molar-refractivity contribution in [3.63, 3.8) is 0 Å². The molecule has 0 bridgehead atoms. The Morgan fingerprint density at radius 2 is 2.18 bits per heavy atom. The minimum atomic E-state index is 0.313. The van der Waals surface area contributed by atoms with E-state index >= 15 is 0 Å². The van der Waals surface area contributed by atoms with E-state index in [2.05, 4.69) is 35.1 Å². The number of hydrogen-bond donors (Lipinski definition) is 1. The summed E-state index contributed by atoms with van der Waals surface area (Å²) in [6, 6.07) is 4.81. The number of rotatable bonds is 6. The fraction of sp³-hybridized carbons (Fsp3) is 0.615. The Hall–Kier alpha value is -1.13. The van der Waals surface area contributed by atoms with Crippen LogP contribution in [0.3, 0.4) is 0 Å². The molecule has 1 aromatic heterocycles. The fourth-order valence-electron chi connectivity index (χ4n) is 1.64. The highest BCUT2D eigenvalue weighted by atomic mass is 16.5. The summed E-state index contributed by atoms with van der Waals surface area (Å²) < 4.78 is 5.16. The van der Waals surface area contributed by atoms with E-state index in [0.717, 1.165) is 5.82 Å². The number of methoxy groups -OCH3 is 1. The van der Waals surface area contributed by atoms with Crippen molar-refractivity contribution in [2.75, 3.05) is 32.7 Å². The van der Waals surface area contributed by atoms with E-state index < -0.39 is 0 Å². The smallest absolute Gasteiger partial charge is 0.128 e. The van der Waals surface area contributed by atoms with Crippen molar-refractivity contribution in [1.82, 2.24) is 10.3 Å². The van der Waals surface area contributed by atoms with Gasteiger partial charge in [-0.2, -0.15) is 0 Å². The van der Waals surface area contributed by atoms with Gasteiger partial charge in [0.1, 0.15) is 5.82 Å². The van der Waals surface area contributed by atoms with Gasteiger partial charge in [0.2, 0.25) is 0 Å². The standard InChI is InChI=1S/C13H23N3O/c1-10(9-17-5)16(4)13-8-12(6-7-15-13)11(2)14-3/h6-8,10-11,14H,9H2,1-5H3. The SMILES string of the molecule is CNC(C)c1ccnc(N(C)C(C)COC)c1. The molecule has 1 N–H and O–H groups in total. The third-order valence-electron chi connectivity index (χ3n) is 3.13. The molecule has 1 rings (SSSR count). The molecule has 0 aliphatic rings. The molecule has 1 heterocycles. The van der Waals surface area contributed by atoms with Crippen molar-refractivity contribution in [2.45, 2.75) is 25.9 Å². The van der Waals surface area contributed by atoms with E-state index in [0.29, 0.717) is 18.7 Å². The summed E-state index contributed by atoms with van der Waals surface area (Å²) in [6.07, 6.45) is 1.86. The molecule has 0 aliphatic carbocycles. The quantitative estimate of drug-likeness (QED) is 0.819. The Kier molecular flexibility index (Phi) is 5.38. The lowest BCUT2D eigenvalue weighted by atomic mass is 10.1. The van der Waals surface area contributed by atoms with Crippen LogP contribution >= 0.6 is 0 Å². The molecule has 0 aromatic carbocycles. The van der Waals surface area contributed by atoms with Gasteiger partial charge < -0.3 is 15.0 Å². The predicted molar refractivity (Wildman–Crippen MR) is 71.5 cm³/mol. The Labute approximate surface area is 104 Å². The lowest BCUT2D eigenvalue weighted by molar-refractivity contribution is 0.183. The summed E-state index contributed by atoms with van der Waals surface area (Å²) in [4.78, 5) is 6.54. The lowest BCUT2D eigenvalue weighted by Crippen LogP contribution is -2.33. The van der Waals surface area contributed by atoms with Crippen LogP contribution in [-0.2, 0) is 4.74 Å². The van der Waals surface area contributed by atoms with Crippen LogP contribution in [-0.4, -0.2) is 38.8 Å². The molecule has 4 nitrogen and oxygen atoms in total. The average Bonchev–Trinajstić information content (AvgIpc) is 2.37. The van der Waals surface area contributed by atoms with Crippen LogP contribution in [0.2, 0.25) is 0 Å². The lowest BCUT2D eigenvalue weighted by Gasteiger charge is -2.26. The maximum absolute atomic E-state index is 5.16. The van der Waals surface area contributed by atoms with Crippen molar-refractivity contribution in [3.8, 4) is 0 Å². The number of anilines is 1. The molecule has 2 atom stereocenters. The van der Waals surface area contributed by atoms with Crippen LogP contribution < -0.4 is 10.2 Å². The van der Waals surface area contributed by atoms with E-state index in [9.17, 15) is 0 Å². The van der Waals surface area contributed by atoms with Gasteiger partial charge in [-0.3, -0.25) is 0 Å². The normalized spacial score (nSPS) is 14.4. The molecule has 0 radical (unpaired) electrons. The van der Waals surface area contributed by atoms with Crippen molar-refractivity contribution in [3.05, 3.63) is 23.9 Å². The Bertz CT molecular complexity index is 343. The van der Waals surface area contributed by atoms with Gasteiger partial charge >= 0.3 is 0 Å². The minimum absolute atomic E-state index is 0.313. The third-order valence-corrected chi connectivity index (χ3v) is 3.13. The van der Waals surface area contributed by atoms with Gasteiger partial charge in [-0.1, -0.05) is 0 Å². The van der Waals surface area contributed by atoms with Crippen molar-refractivity contribution in [1.29, 1.82) is 0 Å². The molecule has 0 fully saturated rings. The first-order valence-electron chi connectivity index (χ1n) is 5.95. The third kappa shape index (κ3) is 3.68. The Morgan fingerprint density at radius 1 is 1.47 bits per heavy atom. The topological polar surface area (TPSA) is 37.4 Å². The molecule has 17 heavy (non-hydrogen) atoms. The first-order chi connectivity index (χ1) is 8.10. The number of ether oxygens (including phenoxy) is 1. The largest absolute Gasteiger partial charge is 0.383 e. The Balaban J connectivity index is 2.83. The summed E-state index contributed by atoms with van der Waals surface area (Å²) in [7, 11) is 5.72. The number of likely N-dealkylation sites (N-methyl/N-ethyl adjacent to an activating group) is 1. The van der Waals surface area contributed by atoms with Gasteiger partial charge in [0.15, 0.2) is 0 Å². The second kappa shape index (κ2) is 6.57. The maximum Gasteiger partial charge on any atom is 0.128 e. The van der Waals surface area contributed by atoms with Crippen LogP contribution in [0.15, 0.2) is 18.3 Å². The van der Waals surface area contributed by atoms with Gasteiger partial charge in [-0.25, -0.2) is 4.98 Å². The van der Waals surface area contributed by atoms with Crippen molar-refractivity contribution < 1.29 is 4.74 Å². The molecule has 0 saturated heterocycles. The first-order valence-corrected chi connectivity index (χ1v) is 5.95. The van der Waals surface area contributed by atoms with Crippen LogP contribution in [0.1, 0.15) is 25.5 Å². The molecule has 96 valence electrons. The van der Waals surface area contributed by atoms with Crippen LogP contribution in [0.5, 0.6) is 0 Å². The summed E-state index contributed by atoms with van der Waals surface area (Å²) >= 11 is 0. The van der Waals surface area contributed by atoms with E-state index in [4.69, 9.17) is 4.74 Å². The van der Waals surface area contributed by atoms with Gasteiger partial charge in [0.05, 0.1) is 12.6 Å². The van der Waals surface area contributed by atoms with Crippen LogP contribution in [0.25, 0.3) is 0 Å². The molecular weight excluding hydrogens is 214 g/mol. The highest BCUT2D eigenvalue weighted by Gasteiger charge is 2.12. The monoisotopic (exact) mass is 237 g/mol. The molecule has 0 aliphatic heterocycles. The summed E-state index contributed by atoms with van der Waals surface area (Å²) in [5.41, 5.74) is 1.24. The maximum atomic E-state index is 5.16. The highest BCUT2D eigenvalue weighted by Crippen LogP contribution is 2.18. The molecule has 0 spiro atoms. The molecule has 1 aromatic rings. The molecular formula is C13H23N3O. The van der Waals surface area contributed by atoms with Crippen molar-refractivity contribution >= 4 is 5.82 Å². The second-order valence-corrected chi connectivity index (χ2v) is 4.37. The van der Waals surface area contributed by atoms with E-state index in [-0.39, 0.29) is 0 Å². The average molecular weight is 237 g/mol. The molecule has 4 heteroatoms. The fourth-order valence-corrected chi connectivity index (χ4v) is 1.64. The zero-order valence-corrected chi connectivity index (χ0v) is 11.4. The van der Waals surface area contributed by atoms with Gasteiger partial charge in [-0.05, 0) is 38.6 Å². The van der Waals surface area contributed by atoms with Gasteiger partial charge in [0, 0.05) is 26.4 Å². The van der Waals surface area contributed by atoms with Crippen molar-refractivity contribution in [2.24, 2.45) is 0 Å². The second-order valence-electron chi connectivity index (χ2n) is 4.37. The number of nitrogens with one attached hydrogen (secondary N) is 1. The number of aromatic nitrogens is 1. The summed E-state index contributed by atoms with van der Waals surface area (Å²) in [5.74, 6) is 0.981. The molecule has 0 saturated carbocycles. The van der Waals surface area contributed by atoms with Crippen LogP contribution in [0, 0.1) is 0 Å². The zero-order valence-electron chi connectivity index (χ0n) is 11.4. The van der Waals surface area contributed by atoms with E-state index in [1.165, 1.54) is 5.56 Å². The first kappa shape index (κ1) is 13.9. The van der Waals surface area contributed by atoms with Crippen LogP contribution in [0.4, 0.5) is 5.82 Å².